The Bertz CT molecular complexity index is 8790. The zero-order chi connectivity index (χ0) is 87.4. The lowest BCUT2D eigenvalue weighted by Crippen LogP contribution is -2.11. The number of fused-ring (bicyclic) bond motifs is 18. The molecule has 0 atom stereocenters. The summed E-state index contributed by atoms with van der Waals surface area (Å²) >= 11 is 0. The van der Waals surface area contributed by atoms with Crippen molar-refractivity contribution in [3.8, 4) is 39.3 Å². The van der Waals surface area contributed by atoms with E-state index in [-0.39, 0.29) is 0 Å². The fourth-order valence-corrected chi connectivity index (χ4v) is 20.3. The normalized spacial score (nSPS) is 11.5. The summed E-state index contributed by atoms with van der Waals surface area (Å²) in [6.45, 7) is 0. The molecule has 23 aromatic carbocycles. The Morgan fingerprint density at radius 3 is 1.08 bits per heavy atom. The Morgan fingerprint density at radius 2 is 0.492 bits per heavy atom. The number of para-hydroxylation sites is 7. The van der Waals surface area contributed by atoms with Crippen LogP contribution >= 0.6 is 0 Å². The van der Waals surface area contributed by atoms with Crippen molar-refractivity contribution < 1.29 is 0 Å². The predicted octanol–water partition coefficient (Wildman–Crippen LogP) is 35.0. The van der Waals surface area contributed by atoms with Gasteiger partial charge in [-0.3, -0.25) is 0 Å². The van der Waals surface area contributed by atoms with E-state index in [0.29, 0.717) is 0 Å². The predicted molar refractivity (Wildman–Crippen MR) is 562 cm³/mol. The third-order valence-electron chi connectivity index (χ3n) is 26.2. The molecule has 6 heteroatoms. The molecule has 6 nitrogen and oxygen atoms in total. The van der Waals surface area contributed by atoms with Crippen LogP contribution in [0, 0.1) is 0 Å². The standard InChI is InChI=1S/C44H30N2.C42H28N2.C40H28N2/c1-3-13-31(14-4-1)33-23-26-36(27-24-33)45(37-28-25-32-15-7-8-16-34(32)29-37)42-30-43-44(39-20-10-9-19-38(39)42)40-21-11-12-22-41(40)46(43)35-17-5-2-6-18-35;1-2-16-32(17-3-1)43-40-21-9-8-19-37(40)42-36-20-11-23-39(35(36)26-27-41(42)43)44(33-25-24-29-12-4-5-14-31(29)28-33)38-22-10-15-30-13-6-7-18-34(30)38;1-4-15-29(16-5-1)30-18-14-23-34(27-30)42-37-26-13-12-25-36(37)39-35-24-11-10-17-31(35)28-38(40(39)42)41(32-19-6-2-7-20-32)33-21-8-3-9-22-33/h1-30H;1-28H;1-28H. The van der Waals surface area contributed by atoms with E-state index in [1.807, 2.05) is 0 Å². The molecule has 620 valence electrons. The molecule has 132 heavy (non-hydrogen) atoms. The lowest BCUT2D eigenvalue weighted by atomic mass is 10.00. The molecular weight excluding hydrogens is 1600 g/mol. The van der Waals surface area contributed by atoms with E-state index < -0.39 is 0 Å². The number of rotatable bonds is 14. The quantitative estimate of drug-likeness (QED) is 0.108. The summed E-state index contributed by atoms with van der Waals surface area (Å²) in [4.78, 5) is 7.26. The molecule has 0 aliphatic carbocycles. The lowest BCUT2D eigenvalue weighted by molar-refractivity contribution is 1.17. The van der Waals surface area contributed by atoms with Crippen molar-refractivity contribution in [3.63, 3.8) is 0 Å². The summed E-state index contributed by atoms with van der Waals surface area (Å²) < 4.78 is 7.26. The highest BCUT2D eigenvalue weighted by Gasteiger charge is 2.28. The van der Waals surface area contributed by atoms with Gasteiger partial charge in [-0.1, -0.05) is 376 Å². The fraction of sp³-hybridized carbons (Fsp3) is 0. The Morgan fingerprint density at radius 1 is 0.136 bits per heavy atom. The average molecular weight is 1680 g/mol. The topological polar surface area (TPSA) is 24.5 Å². The summed E-state index contributed by atoms with van der Waals surface area (Å²) in [7, 11) is 0. The van der Waals surface area contributed by atoms with E-state index in [0.717, 1.165) is 62.6 Å². The van der Waals surface area contributed by atoms with Crippen molar-refractivity contribution in [1.29, 1.82) is 0 Å². The van der Waals surface area contributed by atoms with E-state index in [4.69, 9.17) is 0 Å². The van der Waals surface area contributed by atoms with Gasteiger partial charge in [-0.15, -0.1) is 0 Å². The molecule has 0 unspecified atom stereocenters. The van der Waals surface area contributed by atoms with E-state index in [2.05, 4.69) is 550 Å². The van der Waals surface area contributed by atoms with Gasteiger partial charge in [0.1, 0.15) is 0 Å². The average Bonchev–Trinajstić information content (AvgIpc) is 1.55. The number of hydrogen-bond acceptors (Lipinski definition) is 3. The van der Waals surface area contributed by atoms with Crippen LogP contribution in [0.4, 0.5) is 51.2 Å². The first-order chi connectivity index (χ1) is 65.5. The first kappa shape index (κ1) is 77.9. The molecule has 0 bridgehead atoms. The van der Waals surface area contributed by atoms with Crippen LogP contribution in [0.25, 0.3) is 169 Å². The third-order valence-corrected chi connectivity index (χ3v) is 26.2. The first-order valence-corrected chi connectivity index (χ1v) is 45.3. The zero-order valence-electron chi connectivity index (χ0n) is 72.3. The molecule has 0 aliphatic rings. The van der Waals surface area contributed by atoms with Gasteiger partial charge in [0, 0.05) is 94.0 Å². The number of nitrogens with zero attached hydrogens (tertiary/aromatic N) is 6. The molecule has 26 rings (SSSR count). The largest absolute Gasteiger partial charge is 0.310 e. The third kappa shape index (κ3) is 13.9. The molecule has 0 radical (unpaired) electrons. The minimum Gasteiger partial charge on any atom is -0.310 e. The van der Waals surface area contributed by atoms with Gasteiger partial charge in [0.2, 0.25) is 0 Å². The van der Waals surface area contributed by atoms with Gasteiger partial charge in [-0.05, 0) is 216 Å². The molecular formula is C126H86N6. The number of anilines is 9. The van der Waals surface area contributed by atoms with Crippen molar-refractivity contribution in [2.45, 2.75) is 0 Å². The highest BCUT2D eigenvalue weighted by Crippen LogP contribution is 2.52. The molecule has 0 spiro atoms. The summed E-state index contributed by atoms with van der Waals surface area (Å²) in [5, 5.41) is 22.3. The second-order valence-corrected chi connectivity index (χ2v) is 33.8. The Hall–Kier alpha value is -17.6. The minimum atomic E-state index is 1.11. The highest BCUT2D eigenvalue weighted by atomic mass is 15.2. The van der Waals surface area contributed by atoms with Crippen LogP contribution in [-0.2, 0) is 0 Å². The highest BCUT2D eigenvalue weighted by molar-refractivity contribution is 6.28. The van der Waals surface area contributed by atoms with E-state index in [1.54, 1.807) is 0 Å². The molecule has 0 aliphatic heterocycles. The molecule has 0 fully saturated rings. The van der Waals surface area contributed by atoms with Gasteiger partial charge >= 0.3 is 0 Å². The first-order valence-electron chi connectivity index (χ1n) is 45.3. The van der Waals surface area contributed by atoms with Crippen molar-refractivity contribution >= 4 is 181 Å². The molecule has 0 N–H and O–H groups in total. The summed E-state index contributed by atoms with van der Waals surface area (Å²) in [6.07, 6.45) is 0. The van der Waals surface area contributed by atoms with Gasteiger partial charge in [-0.2, -0.15) is 0 Å². The molecule has 0 saturated heterocycles. The second-order valence-electron chi connectivity index (χ2n) is 33.8. The molecule has 3 heterocycles. The van der Waals surface area contributed by atoms with E-state index >= 15 is 0 Å². The van der Waals surface area contributed by atoms with Gasteiger partial charge in [0.25, 0.3) is 0 Å². The molecule has 0 saturated carbocycles. The van der Waals surface area contributed by atoms with Gasteiger partial charge in [-0.25, -0.2) is 0 Å². The number of hydrogen-bond donors (Lipinski definition) is 0. The summed E-state index contributed by atoms with van der Waals surface area (Å²) in [6, 6.07) is 188. The minimum absolute atomic E-state index is 1.11. The summed E-state index contributed by atoms with van der Waals surface area (Å²) in [5.41, 5.74) is 25.7. The van der Waals surface area contributed by atoms with Crippen molar-refractivity contribution in [3.05, 3.63) is 522 Å². The molecule has 3 aromatic heterocycles. The van der Waals surface area contributed by atoms with Crippen LogP contribution in [0.2, 0.25) is 0 Å². The SMILES string of the molecule is c1ccc(-c2ccc(N(c3ccc4ccccc4c3)c3cc4c(c5ccccc35)c3ccccc3n4-c3ccccc3)cc2)cc1.c1ccc(-c2cccc(-n3c4ccccc4c4c5ccccc5cc(N(c5ccccc5)c5ccccc5)c43)c2)cc1.c1ccc(-n2c3ccccc3c3c4cccc(N(c5ccc6ccccc6c5)c5cccc6ccccc56)c4ccc32)cc1. The Balaban J connectivity index is 0.000000109. The lowest BCUT2D eigenvalue weighted by Gasteiger charge is -2.28. The zero-order valence-corrected chi connectivity index (χ0v) is 72.3. The van der Waals surface area contributed by atoms with Crippen LogP contribution in [0.15, 0.2) is 522 Å². The van der Waals surface area contributed by atoms with Gasteiger partial charge in [0.15, 0.2) is 0 Å². The maximum absolute atomic E-state index is 2.46. The monoisotopic (exact) mass is 1680 g/mol. The van der Waals surface area contributed by atoms with Crippen LogP contribution in [0.3, 0.4) is 0 Å². The van der Waals surface area contributed by atoms with Crippen molar-refractivity contribution in [1.82, 2.24) is 13.7 Å². The van der Waals surface area contributed by atoms with Crippen LogP contribution in [-0.4, -0.2) is 13.7 Å². The van der Waals surface area contributed by atoms with Gasteiger partial charge in [0.05, 0.1) is 55.8 Å². The second kappa shape index (κ2) is 33.6. The van der Waals surface area contributed by atoms with E-state index in [1.165, 1.54) is 158 Å². The van der Waals surface area contributed by atoms with Crippen LogP contribution in [0.5, 0.6) is 0 Å². The maximum Gasteiger partial charge on any atom is 0.0788 e. The van der Waals surface area contributed by atoms with Gasteiger partial charge < -0.3 is 28.4 Å². The van der Waals surface area contributed by atoms with E-state index in [9.17, 15) is 0 Å². The smallest absolute Gasteiger partial charge is 0.0788 e. The van der Waals surface area contributed by atoms with Crippen molar-refractivity contribution in [2.75, 3.05) is 14.7 Å². The number of aromatic nitrogens is 3. The fourth-order valence-electron chi connectivity index (χ4n) is 20.3. The summed E-state index contributed by atoms with van der Waals surface area (Å²) in [5.74, 6) is 0. The van der Waals surface area contributed by atoms with Crippen LogP contribution < -0.4 is 14.7 Å². The Labute approximate surface area is 765 Å². The maximum atomic E-state index is 2.46. The Kier molecular flexibility index (Phi) is 19.9. The van der Waals surface area contributed by atoms with Crippen molar-refractivity contribution in [2.24, 2.45) is 0 Å². The molecule has 0 amide bonds. The molecule has 26 aromatic rings. The number of benzene rings is 23. The van der Waals surface area contributed by atoms with Crippen LogP contribution in [0.1, 0.15) is 0 Å².